The number of rotatable bonds is 4. The molecule has 0 radical (unpaired) electrons. The van der Waals surface area contributed by atoms with Crippen molar-refractivity contribution in [2.45, 2.75) is 5.38 Å². The molecular formula is C14H13ClN4. The fourth-order valence-electron chi connectivity index (χ4n) is 1.88. The highest BCUT2D eigenvalue weighted by Gasteiger charge is 2.07. The van der Waals surface area contributed by atoms with Crippen LogP contribution in [0.4, 0.5) is 5.82 Å². The molecule has 1 unspecified atom stereocenters. The summed E-state index contributed by atoms with van der Waals surface area (Å²) >= 11 is 6.35. The van der Waals surface area contributed by atoms with E-state index in [2.05, 4.69) is 15.4 Å². The Kier molecular flexibility index (Phi) is 3.33. The van der Waals surface area contributed by atoms with Gasteiger partial charge < -0.3 is 5.32 Å². The van der Waals surface area contributed by atoms with Gasteiger partial charge in [-0.05, 0) is 11.6 Å². The van der Waals surface area contributed by atoms with Gasteiger partial charge in [0.15, 0.2) is 5.65 Å². The van der Waals surface area contributed by atoms with Crippen molar-refractivity contribution in [3.63, 3.8) is 0 Å². The van der Waals surface area contributed by atoms with Crippen molar-refractivity contribution in [3.8, 4) is 0 Å². The number of anilines is 1. The molecule has 0 fully saturated rings. The molecule has 1 N–H and O–H groups in total. The predicted molar refractivity (Wildman–Crippen MR) is 76.5 cm³/mol. The molecular weight excluding hydrogens is 260 g/mol. The molecule has 0 saturated carbocycles. The SMILES string of the molecule is ClC(CNc1ccn2nccc2n1)c1ccccc1. The quantitative estimate of drug-likeness (QED) is 0.742. The first-order chi connectivity index (χ1) is 9.33. The second kappa shape index (κ2) is 5.28. The summed E-state index contributed by atoms with van der Waals surface area (Å²) in [6.07, 6.45) is 3.59. The lowest BCUT2D eigenvalue weighted by Crippen LogP contribution is -2.09. The van der Waals surface area contributed by atoms with Crippen LogP contribution in [0.2, 0.25) is 0 Å². The van der Waals surface area contributed by atoms with Gasteiger partial charge in [-0.25, -0.2) is 9.50 Å². The third-order valence-corrected chi connectivity index (χ3v) is 3.29. The minimum Gasteiger partial charge on any atom is -0.368 e. The van der Waals surface area contributed by atoms with Gasteiger partial charge in [0.05, 0.1) is 11.6 Å². The Balaban J connectivity index is 1.68. The summed E-state index contributed by atoms with van der Waals surface area (Å²) in [4.78, 5) is 4.43. The third-order valence-electron chi connectivity index (χ3n) is 2.88. The summed E-state index contributed by atoms with van der Waals surface area (Å²) < 4.78 is 1.72. The minimum absolute atomic E-state index is 0.0795. The van der Waals surface area contributed by atoms with Gasteiger partial charge >= 0.3 is 0 Å². The first kappa shape index (κ1) is 12.0. The molecule has 3 aromatic rings. The van der Waals surface area contributed by atoms with E-state index >= 15 is 0 Å². The lowest BCUT2D eigenvalue weighted by Gasteiger charge is -2.11. The van der Waals surface area contributed by atoms with E-state index < -0.39 is 0 Å². The number of nitrogens with zero attached hydrogens (tertiary/aromatic N) is 3. The topological polar surface area (TPSA) is 42.2 Å². The molecule has 2 aromatic heterocycles. The average Bonchev–Trinajstić information content (AvgIpc) is 2.93. The number of aromatic nitrogens is 3. The Bertz CT molecular complexity index is 665. The normalized spacial score (nSPS) is 12.5. The van der Waals surface area contributed by atoms with Crippen molar-refractivity contribution in [2.24, 2.45) is 0 Å². The highest BCUT2D eigenvalue weighted by molar-refractivity contribution is 6.21. The molecule has 0 aliphatic carbocycles. The van der Waals surface area contributed by atoms with Crippen molar-refractivity contribution in [1.29, 1.82) is 0 Å². The van der Waals surface area contributed by atoms with E-state index in [0.29, 0.717) is 6.54 Å². The van der Waals surface area contributed by atoms with Crippen molar-refractivity contribution in [2.75, 3.05) is 11.9 Å². The summed E-state index contributed by atoms with van der Waals surface area (Å²) in [5, 5.41) is 7.26. The third kappa shape index (κ3) is 2.69. The van der Waals surface area contributed by atoms with Crippen LogP contribution in [0.15, 0.2) is 54.9 Å². The maximum absolute atomic E-state index is 6.35. The standard InChI is InChI=1S/C14H13ClN4/c15-12(11-4-2-1-3-5-11)10-16-13-7-9-19-14(18-13)6-8-17-19/h1-9,12H,10H2,(H,16,18). The van der Waals surface area contributed by atoms with Gasteiger partial charge in [0.2, 0.25) is 0 Å². The van der Waals surface area contributed by atoms with E-state index in [-0.39, 0.29) is 5.38 Å². The number of hydrogen-bond donors (Lipinski definition) is 1. The molecule has 2 heterocycles. The maximum Gasteiger partial charge on any atom is 0.157 e. The zero-order chi connectivity index (χ0) is 13.1. The van der Waals surface area contributed by atoms with E-state index in [4.69, 9.17) is 11.6 Å². The summed E-state index contributed by atoms with van der Waals surface area (Å²) in [7, 11) is 0. The van der Waals surface area contributed by atoms with Crippen LogP contribution in [0.5, 0.6) is 0 Å². The largest absolute Gasteiger partial charge is 0.368 e. The highest BCUT2D eigenvalue weighted by atomic mass is 35.5. The van der Waals surface area contributed by atoms with Gasteiger partial charge in [0, 0.05) is 18.8 Å². The summed E-state index contributed by atoms with van der Waals surface area (Å²) in [5.74, 6) is 0.801. The molecule has 1 aromatic carbocycles. The van der Waals surface area contributed by atoms with E-state index in [1.807, 2.05) is 48.7 Å². The minimum atomic E-state index is -0.0795. The van der Waals surface area contributed by atoms with Gasteiger partial charge in [-0.1, -0.05) is 30.3 Å². The van der Waals surface area contributed by atoms with Gasteiger partial charge in [-0.2, -0.15) is 5.10 Å². The van der Waals surface area contributed by atoms with E-state index in [9.17, 15) is 0 Å². The summed E-state index contributed by atoms with van der Waals surface area (Å²) in [6, 6.07) is 13.7. The Labute approximate surface area is 116 Å². The fourth-order valence-corrected chi connectivity index (χ4v) is 2.11. The number of alkyl halides is 1. The average molecular weight is 273 g/mol. The van der Waals surface area contributed by atoms with Crippen molar-refractivity contribution in [3.05, 3.63) is 60.4 Å². The van der Waals surface area contributed by atoms with Crippen LogP contribution in [-0.2, 0) is 0 Å². The lowest BCUT2D eigenvalue weighted by molar-refractivity contribution is 0.926. The Morgan fingerprint density at radius 3 is 2.84 bits per heavy atom. The summed E-state index contributed by atoms with van der Waals surface area (Å²) in [5.41, 5.74) is 1.91. The molecule has 0 spiro atoms. The van der Waals surface area contributed by atoms with Gasteiger partial charge in [-0.3, -0.25) is 0 Å². The van der Waals surface area contributed by atoms with Crippen molar-refractivity contribution in [1.82, 2.24) is 14.6 Å². The second-order valence-electron chi connectivity index (χ2n) is 4.21. The van der Waals surface area contributed by atoms with Crippen LogP contribution >= 0.6 is 11.6 Å². The molecule has 0 amide bonds. The van der Waals surface area contributed by atoms with Gasteiger partial charge in [-0.15, -0.1) is 11.6 Å². The van der Waals surface area contributed by atoms with Crippen LogP contribution in [0.1, 0.15) is 10.9 Å². The Morgan fingerprint density at radius 2 is 2.00 bits per heavy atom. The molecule has 1 atom stereocenters. The Hall–Kier alpha value is -2.07. The monoisotopic (exact) mass is 272 g/mol. The first-order valence-electron chi connectivity index (χ1n) is 6.06. The molecule has 5 heteroatoms. The van der Waals surface area contributed by atoms with Crippen LogP contribution in [0.25, 0.3) is 5.65 Å². The van der Waals surface area contributed by atoms with Crippen LogP contribution in [0, 0.1) is 0 Å². The molecule has 4 nitrogen and oxygen atoms in total. The van der Waals surface area contributed by atoms with Gasteiger partial charge in [0.25, 0.3) is 0 Å². The molecule has 3 rings (SSSR count). The second-order valence-corrected chi connectivity index (χ2v) is 4.73. The van der Waals surface area contributed by atoms with Crippen LogP contribution in [-0.4, -0.2) is 21.1 Å². The molecule has 19 heavy (non-hydrogen) atoms. The number of halogens is 1. The van der Waals surface area contributed by atoms with Crippen LogP contribution in [0.3, 0.4) is 0 Å². The van der Waals surface area contributed by atoms with Crippen LogP contribution < -0.4 is 5.32 Å². The maximum atomic E-state index is 6.35. The van der Waals surface area contributed by atoms with E-state index in [1.54, 1.807) is 10.7 Å². The smallest absolute Gasteiger partial charge is 0.157 e. The Morgan fingerprint density at radius 1 is 1.16 bits per heavy atom. The van der Waals surface area contributed by atoms with E-state index in [1.165, 1.54) is 0 Å². The van der Waals surface area contributed by atoms with E-state index in [0.717, 1.165) is 17.0 Å². The number of hydrogen-bond acceptors (Lipinski definition) is 3. The number of nitrogens with one attached hydrogen (secondary N) is 1. The number of fused-ring (bicyclic) bond motifs is 1. The van der Waals surface area contributed by atoms with Gasteiger partial charge in [0.1, 0.15) is 5.82 Å². The summed E-state index contributed by atoms with van der Waals surface area (Å²) in [6.45, 7) is 0.628. The zero-order valence-corrected chi connectivity index (χ0v) is 11.0. The van der Waals surface area contributed by atoms with Crippen molar-refractivity contribution < 1.29 is 0 Å². The number of benzene rings is 1. The fraction of sp³-hybridized carbons (Fsp3) is 0.143. The highest BCUT2D eigenvalue weighted by Crippen LogP contribution is 2.20. The zero-order valence-electron chi connectivity index (χ0n) is 10.2. The molecule has 0 bridgehead atoms. The lowest BCUT2D eigenvalue weighted by atomic mass is 10.1. The molecule has 0 saturated heterocycles. The molecule has 0 aliphatic heterocycles. The van der Waals surface area contributed by atoms with Crippen molar-refractivity contribution >= 4 is 23.1 Å². The molecule has 0 aliphatic rings. The molecule has 96 valence electrons. The predicted octanol–water partition coefficient (Wildman–Crippen LogP) is 3.12. The first-order valence-corrected chi connectivity index (χ1v) is 6.50.